The van der Waals surface area contributed by atoms with Crippen LogP contribution in [0.15, 0.2) is 24.3 Å². The molecule has 0 radical (unpaired) electrons. The molecule has 0 aliphatic heterocycles. The van der Waals surface area contributed by atoms with Crippen LogP contribution in [0.1, 0.15) is 27.2 Å². The molecule has 0 saturated carbocycles. The van der Waals surface area contributed by atoms with Crippen molar-refractivity contribution in [3.8, 4) is 0 Å². The lowest BCUT2D eigenvalue weighted by atomic mass is 10.1. The maximum Gasteiger partial charge on any atom is 0.308 e. The lowest BCUT2D eigenvalue weighted by molar-refractivity contribution is -0.384. The number of nitro benzene ring substituents is 1. The van der Waals surface area contributed by atoms with Gasteiger partial charge in [0.25, 0.3) is 5.69 Å². The number of benzene rings is 1. The van der Waals surface area contributed by atoms with Crippen LogP contribution in [0.2, 0.25) is 0 Å². The Kier molecular flexibility index (Phi) is 5.58. The standard InChI is InChI=1S/C14H19N3O5/c1-14(2,3)22-12(18)8-11(15)13(19)16-9-4-6-10(7-5-9)17(20)21/h4-7,11H,8,15H2,1-3H3,(H,16,19). The maximum absolute atomic E-state index is 11.9. The van der Waals surface area contributed by atoms with Gasteiger partial charge in [-0.05, 0) is 32.9 Å². The van der Waals surface area contributed by atoms with E-state index in [0.717, 1.165) is 0 Å². The molecule has 0 heterocycles. The second-order valence-electron chi connectivity index (χ2n) is 5.69. The molecule has 8 nitrogen and oxygen atoms in total. The summed E-state index contributed by atoms with van der Waals surface area (Å²) in [5.74, 6) is -1.14. The number of amides is 1. The van der Waals surface area contributed by atoms with Crippen LogP contribution < -0.4 is 11.1 Å². The van der Waals surface area contributed by atoms with Crippen molar-refractivity contribution < 1.29 is 19.2 Å². The fraction of sp³-hybridized carbons (Fsp3) is 0.429. The lowest BCUT2D eigenvalue weighted by Crippen LogP contribution is -2.39. The summed E-state index contributed by atoms with van der Waals surface area (Å²) in [6, 6.07) is 4.22. The number of nitrogens with two attached hydrogens (primary N) is 1. The first-order valence-corrected chi connectivity index (χ1v) is 6.61. The van der Waals surface area contributed by atoms with Gasteiger partial charge in [0.1, 0.15) is 5.60 Å². The van der Waals surface area contributed by atoms with Gasteiger partial charge in [0.05, 0.1) is 17.4 Å². The van der Waals surface area contributed by atoms with Gasteiger partial charge in [-0.3, -0.25) is 19.7 Å². The lowest BCUT2D eigenvalue weighted by Gasteiger charge is -2.20. The van der Waals surface area contributed by atoms with Gasteiger partial charge in [-0.2, -0.15) is 0 Å². The van der Waals surface area contributed by atoms with Crippen LogP contribution in [-0.2, 0) is 14.3 Å². The highest BCUT2D eigenvalue weighted by Gasteiger charge is 2.22. The third-order valence-electron chi connectivity index (χ3n) is 2.49. The van der Waals surface area contributed by atoms with Crippen LogP contribution in [-0.4, -0.2) is 28.4 Å². The van der Waals surface area contributed by atoms with Crippen LogP contribution in [0, 0.1) is 10.1 Å². The topological polar surface area (TPSA) is 125 Å². The van der Waals surface area contributed by atoms with E-state index in [9.17, 15) is 19.7 Å². The molecule has 120 valence electrons. The summed E-state index contributed by atoms with van der Waals surface area (Å²) >= 11 is 0. The van der Waals surface area contributed by atoms with Crippen molar-refractivity contribution in [1.29, 1.82) is 0 Å². The van der Waals surface area contributed by atoms with E-state index in [0.29, 0.717) is 5.69 Å². The van der Waals surface area contributed by atoms with Gasteiger partial charge in [0.15, 0.2) is 0 Å². The predicted molar refractivity (Wildman–Crippen MR) is 80.2 cm³/mol. The molecule has 0 saturated heterocycles. The largest absolute Gasteiger partial charge is 0.460 e. The summed E-state index contributed by atoms with van der Waals surface area (Å²) in [6.07, 6.45) is -0.254. The zero-order valence-electron chi connectivity index (χ0n) is 12.7. The maximum atomic E-state index is 11.9. The summed E-state index contributed by atoms with van der Waals surface area (Å²) in [7, 11) is 0. The number of esters is 1. The average Bonchev–Trinajstić information content (AvgIpc) is 2.36. The fourth-order valence-corrected chi connectivity index (χ4v) is 1.56. The van der Waals surface area contributed by atoms with Crippen molar-refractivity contribution in [2.24, 2.45) is 5.73 Å². The monoisotopic (exact) mass is 309 g/mol. The van der Waals surface area contributed by atoms with Gasteiger partial charge in [-0.1, -0.05) is 0 Å². The molecule has 0 aromatic heterocycles. The van der Waals surface area contributed by atoms with E-state index in [1.165, 1.54) is 24.3 Å². The second-order valence-corrected chi connectivity index (χ2v) is 5.69. The molecule has 3 N–H and O–H groups in total. The van der Waals surface area contributed by atoms with Gasteiger partial charge in [-0.15, -0.1) is 0 Å². The van der Waals surface area contributed by atoms with Gasteiger partial charge in [-0.25, -0.2) is 0 Å². The molecule has 0 spiro atoms. The number of carbonyl (C=O) groups excluding carboxylic acids is 2. The molecule has 22 heavy (non-hydrogen) atoms. The van der Waals surface area contributed by atoms with E-state index >= 15 is 0 Å². The minimum absolute atomic E-state index is 0.0870. The SMILES string of the molecule is CC(C)(C)OC(=O)CC(N)C(=O)Nc1ccc([N+](=O)[O-])cc1. The smallest absolute Gasteiger partial charge is 0.308 e. The molecule has 0 bridgehead atoms. The third kappa shape index (κ3) is 5.88. The van der Waals surface area contributed by atoms with Crippen molar-refractivity contribution in [2.75, 3.05) is 5.32 Å². The Morgan fingerprint density at radius 1 is 1.32 bits per heavy atom. The number of rotatable bonds is 5. The molecular weight excluding hydrogens is 290 g/mol. The van der Waals surface area contributed by atoms with Crippen molar-refractivity contribution in [2.45, 2.75) is 38.8 Å². The Morgan fingerprint density at radius 2 is 1.86 bits per heavy atom. The number of anilines is 1. The first kappa shape index (κ1) is 17.6. The molecule has 0 fully saturated rings. The van der Waals surface area contributed by atoms with Crippen LogP contribution in [0.25, 0.3) is 0 Å². The molecule has 1 aromatic carbocycles. The highest BCUT2D eigenvalue weighted by atomic mass is 16.6. The molecule has 0 aliphatic rings. The number of nitrogens with zero attached hydrogens (tertiary/aromatic N) is 1. The van der Waals surface area contributed by atoms with Crippen molar-refractivity contribution in [3.05, 3.63) is 34.4 Å². The number of ether oxygens (including phenoxy) is 1. The molecular formula is C14H19N3O5. The van der Waals surface area contributed by atoms with Crippen molar-refractivity contribution in [1.82, 2.24) is 0 Å². The Morgan fingerprint density at radius 3 is 2.32 bits per heavy atom. The average molecular weight is 309 g/mol. The van der Waals surface area contributed by atoms with Crippen LogP contribution in [0.3, 0.4) is 0 Å². The Hall–Kier alpha value is -2.48. The van der Waals surface area contributed by atoms with Crippen LogP contribution >= 0.6 is 0 Å². The molecule has 1 unspecified atom stereocenters. The minimum Gasteiger partial charge on any atom is -0.460 e. The van der Waals surface area contributed by atoms with E-state index in [1.807, 2.05) is 0 Å². The molecule has 1 amide bonds. The summed E-state index contributed by atoms with van der Waals surface area (Å²) in [4.78, 5) is 33.4. The number of hydrogen-bond acceptors (Lipinski definition) is 6. The molecule has 8 heteroatoms. The molecule has 1 rings (SSSR count). The van der Waals surface area contributed by atoms with Gasteiger partial charge in [0, 0.05) is 17.8 Å². The first-order chi connectivity index (χ1) is 10.1. The Labute approximate surface area is 127 Å². The summed E-state index contributed by atoms with van der Waals surface area (Å²) in [6.45, 7) is 5.15. The third-order valence-corrected chi connectivity index (χ3v) is 2.49. The normalized spacial score (nSPS) is 12.4. The van der Waals surface area contributed by atoms with E-state index in [2.05, 4.69) is 5.32 Å². The summed E-state index contributed by atoms with van der Waals surface area (Å²) in [5, 5.41) is 13.0. The Balaban J connectivity index is 2.57. The zero-order chi connectivity index (χ0) is 16.9. The second kappa shape index (κ2) is 6.99. The van der Waals surface area contributed by atoms with Gasteiger partial charge in [0.2, 0.25) is 5.91 Å². The van der Waals surface area contributed by atoms with E-state index in [-0.39, 0.29) is 12.1 Å². The highest BCUT2D eigenvalue weighted by Crippen LogP contribution is 2.16. The zero-order valence-corrected chi connectivity index (χ0v) is 12.7. The van der Waals surface area contributed by atoms with Gasteiger partial charge < -0.3 is 15.8 Å². The van der Waals surface area contributed by atoms with Crippen molar-refractivity contribution in [3.63, 3.8) is 0 Å². The number of nitro groups is 1. The van der Waals surface area contributed by atoms with Crippen LogP contribution in [0.5, 0.6) is 0 Å². The molecule has 1 atom stereocenters. The quantitative estimate of drug-likeness (QED) is 0.483. The number of nitrogens with one attached hydrogen (secondary N) is 1. The van der Waals surface area contributed by atoms with E-state index < -0.39 is 28.4 Å². The molecule has 1 aromatic rings. The predicted octanol–water partition coefficient (Wildman–Crippen LogP) is 1.59. The highest BCUT2D eigenvalue weighted by molar-refractivity contribution is 5.96. The van der Waals surface area contributed by atoms with Crippen molar-refractivity contribution >= 4 is 23.3 Å². The summed E-state index contributed by atoms with van der Waals surface area (Å²) < 4.78 is 5.08. The summed E-state index contributed by atoms with van der Waals surface area (Å²) in [5.41, 5.74) is 5.26. The minimum atomic E-state index is -1.06. The van der Waals surface area contributed by atoms with Gasteiger partial charge >= 0.3 is 5.97 Å². The number of hydrogen-bond donors (Lipinski definition) is 2. The number of carbonyl (C=O) groups is 2. The number of non-ortho nitro benzene ring substituents is 1. The fourth-order valence-electron chi connectivity index (χ4n) is 1.56. The molecule has 0 aliphatic carbocycles. The van der Waals surface area contributed by atoms with E-state index in [1.54, 1.807) is 20.8 Å². The first-order valence-electron chi connectivity index (χ1n) is 6.61. The Bertz CT molecular complexity index is 563. The van der Waals surface area contributed by atoms with E-state index in [4.69, 9.17) is 10.5 Å². The van der Waals surface area contributed by atoms with Crippen LogP contribution in [0.4, 0.5) is 11.4 Å².